The Morgan fingerprint density at radius 1 is 1.21 bits per heavy atom. The van der Waals surface area contributed by atoms with Crippen LogP contribution in [-0.4, -0.2) is 19.6 Å². The second-order valence-corrected chi connectivity index (χ2v) is 7.98. The molecule has 4 rings (SSSR count). The van der Waals surface area contributed by atoms with Gasteiger partial charge in [-0.15, -0.1) is 11.3 Å². The Morgan fingerprint density at radius 3 is 2.72 bits per heavy atom. The normalized spacial score (nSPS) is 15.4. The number of methoxy groups -OCH3 is 1. The molecular weight excluding hydrogens is 382 g/mol. The summed E-state index contributed by atoms with van der Waals surface area (Å²) in [7, 11) is 1.62. The van der Waals surface area contributed by atoms with Crippen LogP contribution in [0.3, 0.4) is 0 Å². The van der Waals surface area contributed by atoms with Crippen molar-refractivity contribution in [3.63, 3.8) is 0 Å². The van der Waals surface area contributed by atoms with E-state index < -0.39 is 0 Å². The van der Waals surface area contributed by atoms with Crippen LogP contribution < -0.4 is 14.8 Å². The fourth-order valence-corrected chi connectivity index (χ4v) is 4.77. The lowest BCUT2D eigenvalue weighted by Gasteiger charge is -2.24. The van der Waals surface area contributed by atoms with Gasteiger partial charge in [-0.05, 0) is 30.2 Å². The number of rotatable bonds is 6. The number of fused-ring (bicyclic) bond motifs is 1. The average Bonchev–Trinajstić information content (AvgIpc) is 3.15. The molecule has 1 aliphatic rings. The van der Waals surface area contributed by atoms with Crippen LogP contribution in [0, 0.1) is 6.92 Å². The molecule has 29 heavy (non-hydrogen) atoms. The van der Waals surface area contributed by atoms with Crippen LogP contribution >= 0.6 is 11.3 Å². The number of carbonyl (C=O) groups excluding carboxylic acids is 1. The van der Waals surface area contributed by atoms with Crippen LogP contribution in [0.1, 0.15) is 28.3 Å². The summed E-state index contributed by atoms with van der Waals surface area (Å²) in [6, 6.07) is 14.3. The number of hydrogen-bond donors (Lipinski definition) is 1. The number of carbonyl (C=O) groups is 1. The van der Waals surface area contributed by atoms with Gasteiger partial charge in [0, 0.05) is 28.2 Å². The van der Waals surface area contributed by atoms with E-state index in [1.165, 1.54) is 10.4 Å². The topological polar surface area (TPSA) is 47.6 Å². The quantitative estimate of drug-likeness (QED) is 0.530. The molecule has 0 radical (unpaired) electrons. The van der Waals surface area contributed by atoms with Crippen molar-refractivity contribution in [2.45, 2.75) is 19.3 Å². The average molecular weight is 406 g/mol. The van der Waals surface area contributed by atoms with Crippen LogP contribution in [-0.2, 0) is 4.79 Å². The molecule has 1 atom stereocenters. The molecule has 2 aromatic carbocycles. The number of hydrogen-bond acceptors (Lipinski definition) is 4. The Morgan fingerprint density at radius 2 is 2.00 bits per heavy atom. The number of ether oxygens (including phenoxy) is 2. The van der Waals surface area contributed by atoms with Gasteiger partial charge in [0.05, 0.1) is 12.8 Å². The number of aryl methyl sites for hydroxylation is 1. The summed E-state index contributed by atoms with van der Waals surface area (Å²) in [6.45, 7) is 6.16. The van der Waals surface area contributed by atoms with E-state index >= 15 is 0 Å². The van der Waals surface area contributed by atoms with Gasteiger partial charge in [0.15, 0.2) is 11.5 Å². The van der Waals surface area contributed by atoms with Gasteiger partial charge in [-0.25, -0.2) is 0 Å². The van der Waals surface area contributed by atoms with Crippen molar-refractivity contribution in [3.05, 3.63) is 76.5 Å². The van der Waals surface area contributed by atoms with Crippen molar-refractivity contribution in [2.75, 3.05) is 19.0 Å². The van der Waals surface area contributed by atoms with Crippen LogP contribution in [0.2, 0.25) is 0 Å². The number of benzene rings is 2. The molecule has 0 saturated carbocycles. The molecule has 2 heterocycles. The van der Waals surface area contributed by atoms with E-state index in [1.54, 1.807) is 24.5 Å². The summed E-state index contributed by atoms with van der Waals surface area (Å²) in [6.07, 6.45) is 2.11. The lowest BCUT2D eigenvalue weighted by atomic mass is 9.89. The molecular formula is C24H23NO3S. The standard InChI is InChI=1S/C24H23NO3S/c1-4-11-28-20-10-9-17(12-21(20)27-3)18-13-22(26)25-23-19(14-29-24(18)23)16-7-5-15(2)6-8-16/h4-10,12,14,18H,1,11,13H2,2-3H3,(H,25,26)/t18-/m0/s1. The molecule has 5 heteroatoms. The minimum Gasteiger partial charge on any atom is -0.493 e. The first kappa shape index (κ1) is 19.3. The van der Waals surface area contributed by atoms with Gasteiger partial charge in [0.1, 0.15) is 6.61 Å². The fraction of sp³-hybridized carbons (Fsp3) is 0.208. The molecule has 1 aliphatic heterocycles. The molecule has 4 nitrogen and oxygen atoms in total. The molecule has 1 N–H and O–H groups in total. The third-order valence-electron chi connectivity index (χ3n) is 5.10. The van der Waals surface area contributed by atoms with Crippen LogP contribution in [0.4, 0.5) is 5.69 Å². The molecule has 3 aromatic rings. The lowest BCUT2D eigenvalue weighted by molar-refractivity contribution is -0.116. The van der Waals surface area contributed by atoms with Crippen LogP contribution in [0.15, 0.2) is 60.5 Å². The Hall–Kier alpha value is -3.05. The maximum absolute atomic E-state index is 12.5. The Balaban J connectivity index is 1.73. The summed E-state index contributed by atoms with van der Waals surface area (Å²) in [5.41, 5.74) is 5.36. The third-order valence-corrected chi connectivity index (χ3v) is 6.20. The van der Waals surface area contributed by atoms with E-state index in [0.717, 1.165) is 22.4 Å². The van der Waals surface area contributed by atoms with Gasteiger partial charge in [-0.3, -0.25) is 4.79 Å². The van der Waals surface area contributed by atoms with E-state index in [9.17, 15) is 4.79 Å². The summed E-state index contributed by atoms with van der Waals surface area (Å²) in [5, 5.41) is 5.23. The van der Waals surface area contributed by atoms with Crippen molar-refractivity contribution < 1.29 is 14.3 Å². The predicted molar refractivity (Wildman–Crippen MR) is 118 cm³/mol. The van der Waals surface area contributed by atoms with Crippen molar-refractivity contribution in [1.29, 1.82) is 0 Å². The third kappa shape index (κ3) is 3.78. The van der Waals surface area contributed by atoms with Crippen molar-refractivity contribution in [3.8, 4) is 22.6 Å². The summed E-state index contributed by atoms with van der Waals surface area (Å²) >= 11 is 1.69. The zero-order valence-corrected chi connectivity index (χ0v) is 17.3. The van der Waals surface area contributed by atoms with E-state index in [1.807, 2.05) is 18.2 Å². The molecule has 0 spiro atoms. The van der Waals surface area contributed by atoms with E-state index in [-0.39, 0.29) is 11.8 Å². The number of amides is 1. The van der Waals surface area contributed by atoms with Gasteiger partial charge in [-0.2, -0.15) is 0 Å². The van der Waals surface area contributed by atoms with Gasteiger partial charge >= 0.3 is 0 Å². The maximum Gasteiger partial charge on any atom is 0.225 e. The first-order valence-electron chi connectivity index (χ1n) is 9.50. The van der Waals surface area contributed by atoms with Crippen molar-refractivity contribution in [1.82, 2.24) is 0 Å². The minimum atomic E-state index is -0.00898. The second kappa shape index (κ2) is 8.13. The van der Waals surface area contributed by atoms with E-state index in [4.69, 9.17) is 9.47 Å². The Bertz CT molecular complexity index is 1050. The van der Waals surface area contributed by atoms with Gasteiger partial charge in [-0.1, -0.05) is 48.6 Å². The second-order valence-electron chi connectivity index (χ2n) is 7.07. The molecule has 0 saturated heterocycles. The number of nitrogens with one attached hydrogen (secondary N) is 1. The highest BCUT2D eigenvalue weighted by molar-refractivity contribution is 7.11. The molecule has 1 aromatic heterocycles. The predicted octanol–water partition coefficient (Wildman–Crippen LogP) is 5.77. The SMILES string of the molecule is C=CCOc1ccc([C@@H]2CC(=O)Nc3c(-c4ccc(C)cc4)csc32)cc1OC. The molecule has 0 fully saturated rings. The highest BCUT2D eigenvalue weighted by Gasteiger charge is 2.31. The van der Waals surface area contributed by atoms with Crippen molar-refractivity contribution >= 4 is 22.9 Å². The summed E-state index contributed by atoms with van der Waals surface area (Å²) in [4.78, 5) is 13.7. The fourth-order valence-electron chi connectivity index (χ4n) is 3.61. The molecule has 1 amide bonds. The molecule has 0 aliphatic carbocycles. The zero-order valence-electron chi connectivity index (χ0n) is 16.5. The van der Waals surface area contributed by atoms with Gasteiger partial charge in [0.2, 0.25) is 5.91 Å². The smallest absolute Gasteiger partial charge is 0.225 e. The van der Waals surface area contributed by atoms with Crippen LogP contribution in [0.25, 0.3) is 11.1 Å². The Labute approximate surface area is 174 Å². The highest BCUT2D eigenvalue weighted by Crippen LogP contribution is 2.47. The number of thiophene rings is 1. The van der Waals surface area contributed by atoms with E-state index in [2.05, 4.69) is 48.5 Å². The highest BCUT2D eigenvalue weighted by atomic mass is 32.1. The summed E-state index contributed by atoms with van der Waals surface area (Å²) < 4.78 is 11.2. The first-order valence-corrected chi connectivity index (χ1v) is 10.4. The monoisotopic (exact) mass is 405 g/mol. The van der Waals surface area contributed by atoms with Crippen molar-refractivity contribution in [2.24, 2.45) is 0 Å². The molecule has 148 valence electrons. The first-order chi connectivity index (χ1) is 14.1. The maximum atomic E-state index is 12.5. The van der Waals surface area contributed by atoms with Crippen LogP contribution in [0.5, 0.6) is 11.5 Å². The zero-order chi connectivity index (χ0) is 20.4. The Kier molecular flexibility index (Phi) is 5.41. The number of anilines is 1. The van der Waals surface area contributed by atoms with E-state index in [0.29, 0.717) is 24.5 Å². The molecule has 0 unspecified atom stereocenters. The van der Waals surface area contributed by atoms with Gasteiger partial charge < -0.3 is 14.8 Å². The van der Waals surface area contributed by atoms with Gasteiger partial charge in [0.25, 0.3) is 0 Å². The minimum absolute atomic E-state index is 0.00898. The largest absolute Gasteiger partial charge is 0.493 e. The lowest BCUT2D eigenvalue weighted by Crippen LogP contribution is -2.22. The summed E-state index contributed by atoms with van der Waals surface area (Å²) in [5.74, 6) is 1.35. The molecule has 0 bridgehead atoms.